The average Bonchev–Trinajstić information content (AvgIpc) is 2.23. The number of hydrogen-bond acceptors (Lipinski definition) is 3. The van der Waals surface area contributed by atoms with Crippen LogP contribution >= 0.6 is 0 Å². The molecule has 0 aliphatic rings. The molecule has 5 heteroatoms. The van der Waals surface area contributed by atoms with Crippen LogP contribution in [-0.2, 0) is 10.0 Å². The minimum atomic E-state index is -3.49. The Morgan fingerprint density at radius 1 is 1.25 bits per heavy atom. The van der Waals surface area contributed by atoms with Gasteiger partial charge in [-0.2, -0.15) is 0 Å². The summed E-state index contributed by atoms with van der Waals surface area (Å²) in [5.74, 6) is 0. The molecule has 0 aliphatic carbocycles. The first kappa shape index (κ1) is 17.1. The molecule has 1 rings (SSSR count). The number of rotatable bonds is 5. The molecule has 4 nitrogen and oxygen atoms in total. The van der Waals surface area contributed by atoms with E-state index in [1.54, 1.807) is 19.1 Å². The molecule has 114 valence electrons. The van der Waals surface area contributed by atoms with Gasteiger partial charge in [0.05, 0.1) is 4.90 Å². The number of benzene rings is 1. The molecule has 1 atom stereocenters. The smallest absolute Gasteiger partial charge is 0.240 e. The quantitative estimate of drug-likeness (QED) is 0.876. The third-order valence-corrected chi connectivity index (χ3v) is 4.61. The summed E-state index contributed by atoms with van der Waals surface area (Å²) in [6, 6.07) is 5.12. The van der Waals surface area contributed by atoms with Gasteiger partial charge in [0.15, 0.2) is 0 Å². The second-order valence-electron chi connectivity index (χ2n) is 6.65. The highest BCUT2D eigenvalue weighted by atomic mass is 32.2. The summed E-state index contributed by atoms with van der Waals surface area (Å²) in [6.07, 6.45) is 0.766. The van der Waals surface area contributed by atoms with Crippen molar-refractivity contribution in [1.29, 1.82) is 0 Å². The first-order valence-corrected chi connectivity index (χ1v) is 8.32. The van der Waals surface area contributed by atoms with Crippen LogP contribution < -0.4 is 10.5 Å². The Labute approximate surface area is 122 Å². The van der Waals surface area contributed by atoms with Crippen LogP contribution in [0.25, 0.3) is 0 Å². The zero-order valence-electron chi connectivity index (χ0n) is 13.0. The van der Waals surface area contributed by atoms with Crippen molar-refractivity contribution in [2.45, 2.75) is 52.0 Å². The molecule has 1 aromatic rings. The van der Waals surface area contributed by atoms with Crippen molar-refractivity contribution in [3.63, 3.8) is 0 Å². The van der Waals surface area contributed by atoms with Crippen molar-refractivity contribution in [2.24, 2.45) is 11.1 Å². The molecule has 0 bridgehead atoms. The van der Waals surface area contributed by atoms with E-state index in [1.807, 2.05) is 13.0 Å². The molecule has 0 aliphatic heterocycles. The van der Waals surface area contributed by atoms with Crippen LogP contribution in [0.1, 0.15) is 38.3 Å². The lowest BCUT2D eigenvalue weighted by atomic mass is 9.88. The maximum absolute atomic E-state index is 12.3. The Morgan fingerprint density at radius 2 is 1.85 bits per heavy atom. The van der Waals surface area contributed by atoms with Gasteiger partial charge >= 0.3 is 0 Å². The number of nitrogens with one attached hydrogen (secondary N) is 1. The van der Waals surface area contributed by atoms with Gasteiger partial charge in [-0.1, -0.05) is 38.5 Å². The van der Waals surface area contributed by atoms with Gasteiger partial charge in [-0.05, 0) is 37.3 Å². The van der Waals surface area contributed by atoms with Crippen LogP contribution in [0.2, 0.25) is 0 Å². The van der Waals surface area contributed by atoms with E-state index in [4.69, 9.17) is 5.73 Å². The first-order valence-electron chi connectivity index (χ1n) is 6.84. The van der Waals surface area contributed by atoms with Gasteiger partial charge in [-0.25, -0.2) is 13.1 Å². The van der Waals surface area contributed by atoms with E-state index in [0.717, 1.165) is 17.5 Å². The molecule has 0 spiro atoms. The second-order valence-corrected chi connectivity index (χ2v) is 8.38. The summed E-state index contributed by atoms with van der Waals surface area (Å²) in [5.41, 5.74) is 7.87. The highest BCUT2D eigenvalue weighted by Crippen LogP contribution is 2.20. The Balaban J connectivity index is 2.76. The van der Waals surface area contributed by atoms with Gasteiger partial charge < -0.3 is 5.73 Å². The van der Waals surface area contributed by atoms with Gasteiger partial charge in [0.25, 0.3) is 0 Å². The normalized spacial score (nSPS) is 14.3. The molecule has 0 radical (unpaired) electrons. The SMILES string of the molecule is Cc1ccc(S(=O)(=O)NCC(N)CC(C)(C)C)c(C)c1. The van der Waals surface area contributed by atoms with Crippen LogP contribution in [0.4, 0.5) is 0 Å². The number of nitrogens with two attached hydrogens (primary N) is 1. The van der Waals surface area contributed by atoms with Gasteiger partial charge in [-0.15, -0.1) is 0 Å². The average molecular weight is 298 g/mol. The van der Waals surface area contributed by atoms with E-state index in [0.29, 0.717) is 4.90 Å². The van der Waals surface area contributed by atoms with Crippen molar-refractivity contribution in [3.05, 3.63) is 29.3 Å². The Hall–Kier alpha value is -0.910. The van der Waals surface area contributed by atoms with E-state index in [2.05, 4.69) is 25.5 Å². The summed E-state index contributed by atoms with van der Waals surface area (Å²) in [4.78, 5) is 0.325. The third kappa shape index (κ3) is 5.23. The van der Waals surface area contributed by atoms with E-state index in [1.165, 1.54) is 0 Å². The van der Waals surface area contributed by atoms with Gasteiger partial charge in [-0.3, -0.25) is 0 Å². The van der Waals surface area contributed by atoms with Crippen LogP contribution in [-0.4, -0.2) is 21.0 Å². The lowest BCUT2D eigenvalue weighted by Gasteiger charge is -2.23. The van der Waals surface area contributed by atoms with E-state index in [-0.39, 0.29) is 18.0 Å². The van der Waals surface area contributed by atoms with Crippen molar-refractivity contribution < 1.29 is 8.42 Å². The fraction of sp³-hybridized carbons (Fsp3) is 0.600. The Bertz CT molecular complexity index is 560. The number of hydrogen-bond donors (Lipinski definition) is 2. The minimum absolute atomic E-state index is 0.0879. The maximum Gasteiger partial charge on any atom is 0.240 e. The summed E-state index contributed by atoms with van der Waals surface area (Å²) >= 11 is 0. The van der Waals surface area contributed by atoms with E-state index < -0.39 is 10.0 Å². The monoisotopic (exact) mass is 298 g/mol. The van der Waals surface area contributed by atoms with Crippen molar-refractivity contribution in [1.82, 2.24) is 4.72 Å². The molecule has 20 heavy (non-hydrogen) atoms. The largest absolute Gasteiger partial charge is 0.326 e. The van der Waals surface area contributed by atoms with E-state index in [9.17, 15) is 8.42 Å². The van der Waals surface area contributed by atoms with Crippen LogP contribution in [0.5, 0.6) is 0 Å². The molecule has 1 unspecified atom stereocenters. The topological polar surface area (TPSA) is 72.2 Å². The Morgan fingerprint density at radius 3 is 2.35 bits per heavy atom. The second kappa shape index (κ2) is 6.24. The van der Waals surface area contributed by atoms with Gasteiger partial charge in [0.1, 0.15) is 0 Å². The Kier molecular flexibility index (Phi) is 5.35. The predicted molar refractivity (Wildman–Crippen MR) is 83.2 cm³/mol. The molecule has 0 heterocycles. The van der Waals surface area contributed by atoms with Gasteiger partial charge in [0, 0.05) is 12.6 Å². The predicted octanol–water partition coefficient (Wildman–Crippen LogP) is 2.35. The molecule has 0 saturated heterocycles. The molecule has 3 N–H and O–H groups in total. The molecule has 0 saturated carbocycles. The zero-order chi connectivity index (χ0) is 15.6. The molecule has 1 aromatic carbocycles. The number of aryl methyl sites for hydroxylation is 2. The van der Waals surface area contributed by atoms with Crippen molar-refractivity contribution in [2.75, 3.05) is 6.54 Å². The van der Waals surface area contributed by atoms with Crippen LogP contribution in [0.3, 0.4) is 0 Å². The van der Waals surface area contributed by atoms with Crippen LogP contribution in [0, 0.1) is 19.3 Å². The molecular weight excluding hydrogens is 272 g/mol. The summed E-state index contributed by atoms with van der Waals surface area (Å²) in [6.45, 7) is 10.3. The molecule has 0 amide bonds. The summed E-state index contributed by atoms with van der Waals surface area (Å²) in [5, 5.41) is 0. The van der Waals surface area contributed by atoms with Crippen LogP contribution in [0.15, 0.2) is 23.1 Å². The molecule has 0 aromatic heterocycles. The highest BCUT2D eigenvalue weighted by molar-refractivity contribution is 7.89. The zero-order valence-corrected chi connectivity index (χ0v) is 13.8. The first-order chi connectivity index (χ1) is 9.01. The van der Waals surface area contributed by atoms with Gasteiger partial charge in [0.2, 0.25) is 10.0 Å². The van der Waals surface area contributed by atoms with Crippen molar-refractivity contribution in [3.8, 4) is 0 Å². The third-order valence-electron chi connectivity index (χ3n) is 3.03. The molecule has 0 fully saturated rings. The molecular formula is C15H26N2O2S. The fourth-order valence-electron chi connectivity index (χ4n) is 2.25. The lowest BCUT2D eigenvalue weighted by Crippen LogP contribution is -2.39. The minimum Gasteiger partial charge on any atom is -0.326 e. The fourth-order valence-corrected chi connectivity index (χ4v) is 3.57. The lowest BCUT2D eigenvalue weighted by molar-refractivity contribution is 0.338. The van der Waals surface area contributed by atoms with Crippen molar-refractivity contribution >= 4 is 10.0 Å². The highest BCUT2D eigenvalue weighted by Gasteiger charge is 2.20. The standard InChI is InChI=1S/C15H26N2O2S/c1-11-6-7-14(12(2)8-11)20(18,19)17-10-13(16)9-15(3,4)5/h6-8,13,17H,9-10,16H2,1-5H3. The maximum atomic E-state index is 12.3. The van der Waals surface area contributed by atoms with E-state index >= 15 is 0 Å². The number of sulfonamides is 1. The summed E-state index contributed by atoms with van der Waals surface area (Å²) in [7, 11) is -3.49. The summed E-state index contributed by atoms with van der Waals surface area (Å²) < 4.78 is 27.1.